The lowest BCUT2D eigenvalue weighted by atomic mass is 9.96. The highest BCUT2D eigenvalue weighted by Gasteiger charge is 2.29. The second-order valence-electron chi connectivity index (χ2n) is 4.94. The second kappa shape index (κ2) is 5.87. The summed E-state index contributed by atoms with van der Waals surface area (Å²) in [5.41, 5.74) is 1.72. The molecular weight excluding hydrogens is 242 g/mol. The topological polar surface area (TPSA) is 57.6 Å². The second-order valence-corrected chi connectivity index (χ2v) is 4.94. The number of amides is 1. The zero-order valence-electron chi connectivity index (χ0n) is 11.1. The van der Waals surface area contributed by atoms with Crippen LogP contribution in [0.4, 0.5) is 0 Å². The molecule has 0 aromatic heterocycles. The van der Waals surface area contributed by atoms with Crippen molar-refractivity contribution in [2.45, 2.75) is 26.2 Å². The van der Waals surface area contributed by atoms with Crippen LogP contribution in [0.5, 0.6) is 0 Å². The highest BCUT2D eigenvalue weighted by Crippen LogP contribution is 2.20. The predicted octanol–water partition coefficient (Wildman–Crippen LogP) is 2.19. The van der Waals surface area contributed by atoms with Crippen molar-refractivity contribution < 1.29 is 14.7 Å². The van der Waals surface area contributed by atoms with Gasteiger partial charge in [-0.25, -0.2) is 0 Å². The Morgan fingerprint density at radius 3 is 2.79 bits per heavy atom. The molecule has 0 spiro atoms. The van der Waals surface area contributed by atoms with E-state index in [1.54, 1.807) is 4.90 Å². The Hall–Kier alpha value is -1.84. The Morgan fingerprint density at radius 2 is 2.11 bits per heavy atom. The molecule has 4 nitrogen and oxygen atoms in total. The van der Waals surface area contributed by atoms with Gasteiger partial charge in [0.25, 0.3) is 5.91 Å². The largest absolute Gasteiger partial charge is 0.481 e. The highest BCUT2D eigenvalue weighted by atomic mass is 16.4. The molecule has 1 saturated heterocycles. The predicted molar refractivity (Wildman–Crippen MR) is 72.1 cm³/mol. The van der Waals surface area contributed by atoms with E-state index in [-0.39, 0.29) is 5.91 Å². The van der Waals surface area contributed by atoms with Crippen LogP contribution in [0.15, 0.2) is 24.3 Å². The van der Waals surface area contributed by atoms with Crippen LogP contribution in [0.2, 0.25) is 0 Å². The van der Waals surface area contributed by atoms with Gasteiger partial charge in [0.05, 0.1) is 5.92 Å². The number of piperidine rings is 1. The van der Waals surface area contributed by atoms with Gasteiger partial charge in [0.15, 0.2) is 0 Å². The fourth-order valence-electron chi connectivity index (χ4n) is 2.57. The maximum absolute atomic E-state index is 12.5. The number of hydrogen-bond acceptors (Lipinski definition) is 2. The Kier molecular flexibility index (Phi) is 4.20. The molecule has 102 valence electrons. The van der Waals surface area contributed by atoms with E-state index in [0.29, 0.717) is 25.1 Å². The molecule has 0 saturated carbocycles. The minimum atomic E-state index is -0.804. The van der Waals surface area contributed by atoms with Crippen LogP contribution in [0.1, 0.15) is 35.7 Å². The SMILES string of the molecule is CCc1ccccc1C(=O)N1CCC[C@H](C(=O)O)C1. The van der Waals surface area contributed by atoms with Crippen molar-refractivity contribution in [3.8, 4) is 0 Å². The normalized spacial score (nSPS) is 19.2. The quantitative estimate of drug-likeness (QED) is 0.907. The number of hydrogen-bond donors (Lipinski definition) is 1. The van der Waals surface area contributed by atoms with Gasteiger partial charge in [0.1, 0.15) is 0 Å². The summed E-state index contributed by atoms with van der Waals surface area (Å²) >= 11 is 0. The van der Waals surface area contributed by atoms with E-state index < -0.39 is 11.9 Å². The number of carboxylic acid groups (broad SMARTS) is 1. The molecule has 19 heavy (non-hydrogen) atoms. The monoisotopic (exact) mass is 261 g/mol. The van der Waals surface area contributed by atoms with Gasteiger partial charge in [-0.1, -0.05) is 25.1 Å². The summed E-state index contributed by atoms with van der Waals surface area (Å²) in [6.07, 6.45) is 2.23. The first kappa shape index (κ1) is 13.6. The van der Waals surface area contributed by atoms with Gasteiger partial charge >= 0.3 is 5.97 Å². The third kappa shape index (κ3) is 2.95. The Labute approximate surface area is 113 Å². The van der Waals surface area contributed by atoms with Gasteiger partial charge in [-0.05, 0) is 30.9 Å². The van der Waals surface area contributed by atoms with Crippen LogP contribution in [0, 0.1) is 5.92 Å². The average molecular weight is 261 g/mol. The smallest absolute Gasteiger partial charge is 0.308 e. The molecule has 1 aliphatic heterocycles. The van der Waals surface area contributed by atoms with E-state index in [9.17, 15) is 9.59 Å². The number of carboxylic acids is 1. The van der Waals surface area contributed by atoms with Gasteiger partial charge in [0.2, 0.25) is 0 Å². The average Bonchev–Trinajstić information content (AvgIpc) is 2.46. The van der Waals surface area contributed by atoms with E-state index >= 15 is 0 Å². The first-order valence-electron chi connectivity index (χ1n) is 6.73. The summed E-state index contributed by atoms with van der Waals surface area (Å²) in [6.45, 7) is 3.00. The molecule has 0 aliphatic carbocycles. The first-order chi connectivity index (χ1) is 9.13. The van der Waals surface area contributed by atoms with Crippen molar-refractivity contribution in [3.63, 3.8) is 0 Å². The Balaban J connectivity index is 2.17. The molecule has 1 amide bonds. The summed E-state index contributed by atoms with van der Waals surface area (Å²) in [4.78, 5) is 25.2. The zero-order valence-corrected chi connectivity index (χ0v) is 11.1. The van der Waals surface area contributed by atoms with Crippen LogP contribution < -0.4 is 0 Å². The molecule has 0 bridgehead atoms. The number of benzene rings is 1. The molecule has 1 aromatic rings. The maximum Gasteiger partial charge on any atom is 0.308 e. The molecule has 1 heterocycles. The summed E-state index contributed by atoms with van der Waals surface area (Å²) in [5, 5.41) is 9.07. The van der Waals surface area contributed by atoms with Gasteiger partial charge in [0, 0.05) is 18.7 Å². The van der Waals surface area contributed by atoms with Gasteiger partial charge < -0.3 is 10.0 Å². The number of carbonyl (C=O) groups excluding carboxylic acids is 1. The molecule has 1 aliphatic rings. The van der Waals surface area contributed by atoms with Crippen molar-refractivity contribution in [1.29, 1.82) is 0 Å². The van der Waals surface area contributed by atoms with Gasteiger partial charge in [-0.15, -0.1) is 0 Å². The lowest BCUT2D eigenvalue weighted by Crippen LogP contribution is -2.42. The number of rotatable bonds is 3. The summed E-state index contributed by atoms with van der Waals surface area (Å²) in [5.74, 6) is -1.27. The fourth-order valence-corrected chi connectivity index (χ4v) is 2.57. The molecule has 4 heteroatoms. The van der Waals surface area contributed by atoms with Crippen molar-refractivity contribution in [1.82, 2.24) is 4.90 Å². The van der Waals surface area contributed by atoms with Crippen LogP contribution in [-0.4, -0.2) is 35.0 Å². The van der Waals surface area contributed by atoms with Crippen LogP contribution >= 0.6 is 0 Å². The van der Waals surface area contributed by atoms with E-state index in [4.69, 9.17) is 5.11 Å². The highest BCUT2D eigenvalue weighted by molar-refractivity contribution is 5.96. The lowest BCUT2D eigenvalue weighted by molar-refractivity contribution is -0.143. The molecule has 0 radical (unpaired) electrons. The molecule has 1 N–H and O–H groups in total. The minimum Gasteiger partial charge on any atom is -0.481 e. The minimum absolute atomic E-state index is 0.0385. The molecule has 0 unspecified atom stereocenters. The van der Waals surface area contributed by atoms with Crippen LogP contribution in [0.3, 0.4) is 0 Å². The van der Waals surface area contributed by atoms with Crippen LogP contribution in [-0.2, 0) is 11.2 Å². The number of nitrogens with zero attached hydrogens (tertiary/aromatic N) is 1. The summed E-state index contributed by atoms with van der Waals surface area (Å²) in [7, 11) is 0. The summed E-state index contributed by atoms with van der Waals surface area (Å²) in [6, 6.07) is 7.55. The number of aryl methyl sites for hydroxylation is 1. The third-order valence-corrected chi connectivity index (χ3v) is 3.69. The first-order valence-corrected chi connectivity index (χ1v) is 6.73. The van der Waals surface area contributed by atoms with Gasteiger partial charge in [-0.2, -0.15) is 0 Å². The van der Waals surface area contributed by atoms with Gasteiger partial charge in [-0.3, -0.25) is 9.59 Å². The van der Waals surface area contributed by atoms with E-state index in [2.05, 4.69) is 0 Å². The number of aliphatic carboxylic acids is 1. The number of carbonyl (C=O) groups is 2. The lowest BCUT2D eigenvalue weighted by Gasteiger charge is -2.31. The third-order valence-electron chi connectivity index (χ3n) is 3.69. The maximum atomic E-state index is 12.5. The van der Waals surface area contributed by atoms with E-state index in [1.165, 1.54) is 0 Å². The molecule has 1 aromatic carbocycles. The fraction of sp³-hybridized carbons (Fsp3) is 0.467. The molecule has 1 atom stereocenters. The Morgan fingerprint density at radius 1 is 1.37 bits per heavy atom. The molecule has 1 fully saturated rings. The van der Waals surface area contributed by atoms with E-state index in [1.807, 2.05) is 31.2 Å². The van der Waals surface area contributed by atoms with E-state index in [0.717, 1.165) is 18.4 Å². The molecule has 2 rings (SSSR count). The van der Waals surface area contributed by atoms with Crippen molar-refractivity contribution in [2.24, 2.45) is 5.92 Å². The van der Waals surface area contributed by atoms with Crippen molar-refractivity contribution >= 4 is 11.9 Å². The number of likely N-dealkylation sites (tertiary alicyclic amines) is 1. The summed E-state index contributed by atoms with van der Waals surface area (Å²) < 4.78 is 0. The standard InChI is InChI=1S/C15H19NO3/c1-2-11-6-3-4-8-13(11)14(17)16-9-5-7-12(10-16)15(18)19/h3-4,6,8,12H,2,5,7,9-10H2,1H3,(H,18,19)/t12-/m0/s1. The van der Waals surface area contributed by atoms with Crippen molar-refractivity contribution in [2.75, 3.05) is 13.1 Å². The zero-order chi connectivity index (χ0) is 13.8. The van der Waals surface area contributed by atoms with Crippen LogP contribution in [0.25, 0.3) is 0 Å². The van der Waals surface area contributed by atoms with Crippen molar-refractivity contribution in [3.05, 3.63) is 35.4 Å². The Bertz CT molecular complexity index is 484. The molecular formula is C15H19NO3.